The molecule has 2 bridgehead atoms. The van der Waals surface area contributed by atoms with E-state index >= 15 is 8.78 Å². The van der Waals surface area contributed by atoms with Gasteiger partial charge in [0.2, 0.25) is 0 Å². The summed E-state index contributed by atoms with van der Waals surface area (Å²) in [5.41, 5.74) is -1.05. The quantitative estimate of drug-likeness (QED) is 0.212. The number of aliphatic hydroxyl groups excluding tert-OH is 1. The second-order valence-corrected chi connectivity index (χ2v) is 13.9. The van der Waals surface area contributed by atoms with Crippen molar-refractivity contribution in [3.63, 3.8) is 0 Å². The average Bonchev–Trinajstić information content (AvgIpc) is 3.69. The van der Waals surface area contributed by atoms with Crippen LogP contribution in [0, 0.1) is 29.3 Å². The van der Waals surface area contributed by atoms with E-state index in [1.807, 2.05) is 9.80 Å². The number of nitrogens with zero attached hydrogens (tertiary/aromatic N) is 4. The number of halogens is 5. The first-order chi connectivity index (χ1) is 23.0. The molecule has 0 amide bonds. The first-order valence-electron chi connectivity index (χ1n) is 16.5. The van der Waals surface area contributed by atoms with Gasteiger partial charge in [-0.1, -0.05) is 13.0 Å². The SMILES string of the molecule is CCc1c(F)ccc2cc(O)cc(-c3c(F)cc4c(N5C[C@H]6C[C@@H](C5)[C@H](O)C6)nc(OCC56CCCN5CC(=C(F)F)C6)nc4c3F)c12. The summed E-state index contributed by atoms with van der Waals surface area (Å²) < 4.78 is 81.6. The van der Waals surface area contributed by atoms with Gasteiger partial charge in [0.05, 0.1) is 17.2 Å². The number of fused-ring (bicyclic) bond motifs is 5. The lowest BCUT2D eigenvalue weighted by atomic mass is 9.91. The molecule has 12 heteroatoms. The van der Waals surface area contributed by atoms with Crippen molar-refractivity contribution in [2.75, 3.05) is 37.7 Å². The normalized spacial score (nSPS) is 25.4. The molecule has 2 N–H and O–H groups in total. The minimum Gasteiger partial charge on any atom is -0.508 e. The summed E-state index contributed by atoms with van der Waals surface area (Å²) in [5, 5.41) is 22.0. The molecule has 1 unspecified atom stereocenters. The van der Waals surface area contributed by atoms with Crippen molar-refractivity contribution in [1.29, 1.82) is 0 Å². The molecule has 48 heavy (non-hydrogen) atoms. The highest BCUT2D eigenvalue weighted by Crippen LogP contribution is 2.45. The molecule has 3 aromatic carbocycles. The molecule has 0 radical (unpaired) electrons. The number of piperidine rings is 1. The van der Waals surface area contributed by atoms with Crippen LogP contribution < -0.4 is 9.64 Å². The third kappa shape index (κ3) is 4.98. The van der Waals surface area contributed by atoms with Crippen LogP contribution in [-0.4, -0.2) is 69.5 Å². The Balaban J connectivity index is 1.29. The van der Waals surface area contributed by atoms with E-state index in [4.69, 9.17) is 4.74 Å². The number of anilines is 1. The molecule has 3 aliphatic heterocycles. The summed E-state index contributed by atoms with van der Waals surface area (Å²) in [6.45, 7) is 3.49. The molecule has 4 aromatic rings. The number of phenolic OH excluding ortho intramolecular Hbond substituents is 1. The lowest BCUT2D eigenvalue weighted by Gasteiger charge is -2.34. The number of aliphatic hydroxyl groups is 1. The fourth-order valence-electron chi connectivity index (χ4n) is 8.82. The number of ether oxygens (including phenoxy) is 1. The van der Waals surface area contributed by atoms with Crippen LogP contribution in [0.5, 0.6) is 11.8 Å². The van der Waals surface area contributed by atoms with E-state index in [2.05, 4.69) is 9.97 Å². The van der Waals surface area contributed by atoms with E-state index < -0.39 is 40.7 Å². The van der Waals surface area contributed by atoms with Crippen molar-refractivity contribution in [3.8, 4) is 22.9 Å². The van der Waals surface area contributed by atoms with Gasteiger partial charge in [-0.2, -0.15) is 18.7 Å². The Bertz CT molecular complexity index is 2000. The third-order valence-corrected chi connectivity index (χ3v) is 11.0. The number of rotatable bonds is 6. The molecule has 1 aliphatic carbocycles. The number of hydrogen-bond donors (Lipinski definition) is 2. The fraction of sp³-hybridized carbons (Fsp3) is 0.444. The second kappa shape index (κ2) is 11.5. The molecule has 8 rings (SSSR count). The Kier molecular flexibility index (Phi) is 7.52. The zero-order valence-corrected chi connectivity index (χ0v) is 26.4. The largest absolute Gasteiger partial charge is 0.508 e. The maximum Gasteiger partial charge on any atom is 0.319 e. The second-order valence-electron chi connectivity index (χ2n) is 13.9. The van der Waals surface area contributed by atoms with Gasteiger partial charge in [0.1, 0.15) is 35.3 Å². The van der Waals surface area contributed by atoms with Crippen molar-refractivity contribution in [3.05, 3.63) is 65.0 Å². The number of benzene rings is 3. The van der Waals surface area contributed by atoms with E-state index in [-0.39, 0.29) is 88.4 Å². The zero-order chi connectivity index (χ0) is 33.5. The Hall–Kier alpha value is -4.03. The van der Waals surface area contributed by atoms with Crippen LogP contribution in [-0.2, 0) is 6.42 Å². The van der Waals surface area contributed by atoms with Gasteiger partial charge in [-0.3, -0.25) is 4.90 Å². The van der Waals surface area contributed by atoms with Crippen molar-refractivity contribution >= 4 is 27.5 Å². The number of phenols is 1. The fourth-order valence-corrected chi connectivity index (χ4v) is 8.82. The molecule has 1 saturated carbocycles. The van der Waals surface area contributed by atoms with Gasteiger partial charge in [0.15, 0.2) is 5.82 Å². The highest BCUT2D eigenvalue weighted by molar-refractivity contribution is 6.03. The Morgan fingerprint density at radius 2 is 1.90 bits per heavy atom. The lowest BCUT2D eigenvalue weighted by Crippen LogP contribution is -2.43. The summed E-state index contributed by atoms with van der Waals surface area (Å²) in [5.74, 6) is -2.33. The van der Waals surface area contributed by atoms with Gasteiger partial charge in [-0.05, 0) is 97.2 Å². The zero-order valence-electron chi connectivity index (χ0n) is 26.4. The monoisotopic (exact) mass is 666 g/mol. The first kappa shape index (κ1) is 31.3. The van der Waals surface area contributed by atoms with E-state index in [0.717, 1.165) is 18.9 Å². The summed E-state index contributed by atoms with van der Waals surface area (Å²) in [6, 6.07) is 6.35. The molecule has 4 aliphatic rings. The predicted octanol–water partition coefficient (Wildman–Crippen LogP) is 7.11. The molecular weight excluding hydrogens is 631 g/mol. The van der Waals surface area contributed by atoms with Crippen molar-refractivity contribution < 1.29 is 36.9 Å². The van der Waals surface area contributed by atoms with Crippen molar-refractivity contribution in [2.24, 2.45) is 11.8 Å². The summed E-state index contributed by atoms with van der Waals surface area (Å²) in [4.78, 5) is 13.0. The topological polar surface area (TPSA) is 82.0 Å². The third-order valence-electron chi connectivity index (χ3n) is 11.0. The molecule has 3 saturated heterocycles. The van der Waals surface area contributed by atoms with Crippen LogP contribution in [0.4, 0.5) is 27.8 Å². The number of hydrogen-bond acceptors (Lipinski definition) is 7. The number of aromatic nitrogens is 2. The van der Waals surface area contributed by atoms with E-state index in [1.165, 1.54) is 24.3 Å². The Morgan fingerprint density at radius 3 is 2.67 bits per heavy atom. The summed E-state index contributed by atoms with van der Waals surface area (Å²) >= 11 is 0. The van der Waals surface area contributed by atoms with E-state index in [1.54, 1.807) is 6.92 Å². The molecule has 1 aromatic heterocycles. The van der Waals surface area contributed by atoms with Gasteiger partial charge in [-0.25, -0.2) is 13.2 Å². The van der Waals surface area contributed by atoms with Crippen LogP contribution in [0.2, 0.25) is 0 Å². The van der Waals surface area contributed by atoms with Crippen LogP contribution in [0.25, 0.3) is 32.8 Å². The maximum absolute atomic E-state index is 16.9. The van der Waals surface area contributed by atoms with Crippen LogP contribution >= 0.6 is 0 Å². The number of aromatic hydroxyl groups is 1. The van der Waals surface area contributed by atoms with Gasteiger partial charge in [0.25, 0.3) is 6.08 Å². The molecule has 4 atom stereocenters. The van der Waals surface area contributed by atoms with E-state index in [0.29, 0.717) is 37.9 Å². The Labute approximate surface area is 273 Å². The minimum absolute atomic E-state index is 0.00466. The van der Waals surface area contributed by atoms with Gasteiger partial charge in [0, 0.05) is 36.5 Å². The van der Waals surface area contributed by atoms with E-state index in [9.17, 15) is 23.4 Å². The predicted molar refractivity (Wildman–Crippen MR) is 171 cm³/mol. The number of aryl methyl sites for hydroxylation is 1. The first-order valence-corrected chi connectivity index (χ1v) is 16.5. The van der Waals surface area contributed by atoms with Gasteiger partial charge in [-0.15, -0.1) is 0 Å². The average molecular weight is 667 g/mol. The summed E-state index contributed by atoms with van der Waals surface area (Å²) in [6.07, 6.45) is 1.16. The Morgan fingerprint density at radius 1 is 1.06 bits per heavy atom. The highest BCUT2D eigenvalue weighted by atomic mass is 19.3. The van der Waals surface area contributed by atoms with Crippen LogP contribution in [0.1, 0.15) is 44.6 Å². The molecule has 7 nitrogen and oxygen atoms in total. The maximum atomic E-state index is 16.9. The van der Waals surface area contributed by atoms with Crippen LogP contribution in [0.3, 0.4) is 0 Å². The molecule has 4 fully saturated rings. The van der Waals surface area contributed by atoms with Gasteiger partial charge >= 0.3 is 6.01 Å². The molecular formula is C36H35F5N4O3. The minimum atomic E-state index is -1.68. The van der Waals surface area contributed by atoms with Crippen molar-refractivity contribution in [2.45, 2.75) is 57.1 Å². The highest BCUT2D eigenvalue weighted by Gasteiger charge is 2.48. The standard InChI is InChI=1S/C36H35F5N4O3/c1-2-23-26(37)5-4-19-10-22(46)11-24(29(19)23)30-27(38)12-25-32(31(30)39)42-35(43-34(25)44-14-18-8-20(15-44)28(47)9-18)48-17-36-6-3-7-45(36)16-21(13-36)33(40)41/h4-5,10-12,18,20,28,46-47H,2-3,6-9,13-17H2,1H3/t18-,20-,28+,36?/m0/s1. The molecule has 4 heterocycles. The van der Waals surface area contributed by atoms with Gasteiger partial charge < -0.3 is 19.8 Å². The summed E-state index contributed by atoms with van der Waals surface area (Å²) in [7, 11) is 0. The molecule has 0 spiro atoms. The van der Waals surface area contributed by atoms with Crippen molar-refractivity contribution in [1.82, 2.24) is 14.9 Å². The molecule has 252 valence electrons. The lowest BCUT2D eigenvalue weighted by molar-refractivity contribution is 0.108. The van der Waals surface area contributed by atoms with Crippen LogP contribution in [0.15, 0.2) is 42.0 Å². The smallest absolute Gasteiger partial charge is 0.319 e.